The van der Waals surface area contributed by atoms with Gasteiger partial charge in [-0.3, -0.25) is 5.32 Å². The minimum Gasteiger partial charge on any atom is -0.308 e. The number of nitriles is 1. The van der Waals surface area contributed by atoms with Crippen LogP contribution in [-0.2, 0) is 0 Å². The van der Waals surface area contributed by atoms with Crippen molar-refractivity contribution >= 4 is 28.2 Å². The van der Waals surface area contributed by atoms with Crippen molar-refractivity contribution in [3.8, 4) is 6.07 Å². The molecule has 0 saturated heterocycles. The molecule has 1 aromatic carbocycles. The van der Waals surface area contributed by atoms with Crippen LogP contribution < -0.4 is 10.6 Å². The number of carbonyl (C=O) groups excluding carboxylic acids is 1. The largest absolute Gasteiger partial charge is 0.325 e. The molecular weight excluding hydrogens is 248 g/mol. The molecule has 1 heterocycles. The molecule has 0 saturated carbocycles. The zero-order valence-corrected chi connectivity index (χ0v) is 10.4. The maximum Gasteiger partial charge on any atom is 0.325 e. The van der Waals surface area contributed by atoms with Gasteiger partial charge in [0.15, 0.2) is 5.13 Å². The molecule has 0 atom stereocenters. The summed E-state index contributed by atoms with van der Waals surface area (Å²) in [6.07, 6.45) is 0. The van der Waals surface area contributed by atoms with Crippen LogP contribution in [0, 0.1) is 18.3 Å². The summed E-state index contributed by atoms with van der Waals surface area (Å²) >= 11 is 1.36. The monoisotopic (exact) mass is 258 g/mol. The smallest absolute Gasteiger partial charge is 0.308 e. The molecule has 0 bridgehead atoms. The number of hydrogen-bond acceptors (Lipinski definition) is 4. The van der Waals surface area contributed by atoms with Crippen LogP contribution in [0.15, 0.2) is 29.6 Å². The molecule has 18 heavy (non-hydrogen) atoms. The molecule has 0 aliphatic heterocycles. The molecule has 0 spiro atoms. The highest BCUT2D eigenvalue weighted by Crippen LogP contribution is 2.15. The second-order valence-electron chi connectivity index (χ2n) is 3.57. The van der Waals surface area contributed by atoms with E-state index in [1.807, 2.05) is 18.4 Å². The Bertz CT molecular complexity index is 615. The number of nitrogens with zero attached hydrogens (tertiary/aromatic N) is 2. The highest BCUT2D eigenvalue weighted by atomic mass is 32.1. The predicted octanol–water partition coefficient (Wildman–Crippen LogP) is 2.97. The maximum absolute atomic E-state index is 11.7. The van der Waals surface area contributed by atoms with Crippen LogP contribution in [-0.4, -0.2) is 11.0 Å². The predicted molar refractivity (Wildman–Crippen MR) is 70.6 cm³/mol. The van der Waals surface area contributed by atoms with Gasteiger partial charge >= 0.3 is 6.03 Å². The first-order valence-corrected chi connectivity index (χ1v) is 6.05. The van der Waals surface area contributed by atoms with E-state index in [4.69, 9.17) is 5.26 Å². The summed E-state index contributed by atoms with van der Waals surface area (Å²) in [5, 5.41) is 16.4. The molecule has 0 radical (unpaired) electrons. The van der Waals surface area contributed by atoms with E-state index in [1.54, 1.807) is 24.3 Å². The van der Waals surface area contributed by atoms with Gasteiger partial charge in [0, 0.05) is 11.1 Å². The van der Waals surface area contributed by atoms with Crippen molar-refractivity contribution < 1.29 is 4.79 Å². The zero-order valence-electron chi connectivity index (χ0n) is 9.60. The lowest BCUT2D eigenvalue weighted by Gasteiger charge is -2.05. The van der Waals surface area contributed by atoms with Gasteiger partial charge in [-0.15, -0.1) is 11.3 Å². The van der Waals surface area contributed by atoms with Crippen LogP contribution in [0.2, 0.25) is 0 Å². The number of aromatic nitrogens is 1. The summed E-state index contributed by atoms with van der Waals surface area (Å²) in [5.74, 6) is 0. The Kier molecular flexibility index (Phi) is 3.55. The lowest BCUT2D eigenvalue weighted by atomic mass is 10.2. The molecule has 0 aliphatic carbocycles. The number of hydrogen-bond donors (Lipinski definition) is 2. The summed E-state index contributed by atoms with van der Waals surface area (Å²) in [4.78, 5) is 15.8. The van der Waals surface area contributed by atoms with Crippen molar-refractivity contribution in [2.24, 2.45) is 0 Å². The molecule has 2 aromatic rings. The highest BCUT2D eigenvalue weighted by molar-refractivity contribution is 7.13. The van der Waals surface area contributed by atoms with Crippen LogP contribution in [0.25, 0.3) is 0 Å². The average molecular weight is 258 g/mol. The molecule has 2 rings (SSSR count). The Hall–Kier alpha value is -2.39. The summed E-state index contributed by atoms with van der Waals surface area (Å²) in [7, 11) is 0. The highest BCUT2D eigenvalue weighted by Gasteiger charge is 2.05. The van der Waals surface area contributed by atoms with Crippen molar-refractivity contribution in [3.05, 3.63) is 40.9 Å². The van der Waals surface area contributed by atoms with E-state index in [2.05, 4.69) is 15.6 Å². The molecular formula is C12H10N4OS. The fourth-order valence-electron chi connectivity index (χ4n) is 1.34. The third kappa shape index (κ3) is 3.06. The lowest BCUT2D eigenvalue weighted by Crippen LogP contribution is -2.19. The standard InChI is InChI=1S/C12H10N4OS/c1-8-7-18-12(14-8)16-11(17)15-10-4-2-3-9(5-10)6-13/h2-5,7H,1H3,(H2,14,15,16,17). The first-order chi connectivity index (χ1) is 8.67. The number of urea groups is 1. The lowest BCUT2D eigenvalue weighted by molar-refractivity contribution is 0.262. The van der Waals surface area contributed by atoms with Gasteiger partial charge in [-0.05, 0) is 25.1 Å². The van der Waals surface area contributed by atoms with Gasteiger partial charge in [0.25, 0.3) is 0 Å². The van der Waals surface area contributed by atoms with E-state index in [0.29, 0.717) is 16.4 Å². The molecule has 2 amide bonds. The van der Waals surface area contributed by atoms with Crippen LogP contribution in [0.3, 0.4) is 0 Å². The van der Waals surface area contributed by atoms with Gasteiger partial charge in [0.2, 0.25) is 0 Å². The maximum atomic E-state index is 11.7. The van der Waals surface area contributed by atoms with Gasteiger partial charge in [-0.2, -0.15) is 5.26 Å². The number of carbonyl (C=O) groups is 1. The minimum absolute atomic E-state index is 0.376. The molecule has 5 nitrogen and oxygen atoms in total. The van der Waals surface area contributed by atoms with Gasteiger partial charge in [-0.25, -0.2) is 9.78 Å². The second-order valence-corrected chi connectivity index (χ2v) is 4.42. The molecule has 6 heteroatoms. The Morgan fingerprint density at radius 3 is 2.94 bits per heavy atom. The molecule has 1 aromatic heterocycles. The number of thiazole rings is 1. The van der Waals surface area contributed by atoms with E-state index in [0.717, 1.165) is 5.69 Å². The van der Waals surface area contributed by atoms with Gasteiger partial charge in [0.05, 0.1) is 17.3 Å². The third-order valence-corrected chi connectivity index (χ3v) is 2.96. The number of anilines is 2. The van der Waals surface area contributed by atoms with Gasteiger partial charge in [-0.1, -0.05) is 6.07 Å². The third-order valence-electron chi connectivity index (χ3n) is 2.09. The Labute approximate surface area is 108 Å². The van der Waals surface area contributed by atoms with Gasteiger partial charge in [0.1, 0.15) is 0 Å². The molecule has 0 fully saturated rings. The Morgan fingerprint density at radius 2 is 2.28 bits per heavy atom. The number of nitrogens with one attached hydrogen (secondary N) is 2. The van der Waals surface area contributed by atoms with Crippen molar-refractivity contribution in [1.29, 1.82) is 5.26 Å². The topological polar surface area (TPSA) is 77.8 Å². The molecule has 0 aliphatic rings. The van der Waals surface area contributed by atoms with Crippen molar-refractivity contribution in [1.82, 2.24) is 4.98 Å². The molecule has 90 valence electrons. The Morgan fingerprint density at radius 1 is 1.44 bits per heavy atom. The van der Waals surface area contributed by atoms with Crippen molar-refractivity contribution in [3.63, 3.8) is 0 Å². The van der Waals surface area contributed by atoms with Gasteiger partial charge < -0.3 is 5.32 Å². The van der Waals surface area contributed by atoms with Crippen LogP contribution in [0.5, 0.6) is 0 Å². The first-order valence-electron chi connectivity index (χ1n) is 5.17. The second kappa shape index (κ2) is 5.29. The SMILES string of the molecule is Cc1csc(NC(=O)Nc2cccc(C#N)c2)n1. The summed E-state index contributed by atoms with van der Waals surface area (Å²) in [6.45, 7) is 1.86. The fourth-order valence-corrected chi connectivity index (χ4v) is 2.02. The van der Waals surface area contributed by atoms with E-state index in [-0.39, 0.29) is 6.03 Å². The number of amides is 2. The number of benzene rings is 1. The van der Waals surface area contributed by atoms with Crippen molar-refractivity contribution in [2.75, 3.05) is 10.6 Å². The van der Waals surface area contributed by atoms with E-state index in [1.165, 1.54) is 11.3 Å². The zero-order chi connectivity index (χ0) is 13.0. The summed E-state index contributed by atoms with van der Waals surface area (Å²) in [6, 6.07) is 8.34. The van der Waals surface area contributed by atoms with E-state index < -0.39 is 0 Å². The fraction of sp³-hybridized carbons (Fsp3) is 0.0833. The van der Waals surface area contributed by atoms with Crippen LogP contribution in [0.1, 0.15) is 11.3 Å². The van der Waals surface area contributed by atoms with E-state index >= 15 is 0 Å². The van der Waals surface area contributed by atoms with Crippen LogP contribution >= 0.6 is 11.3 Å². The normalized spacial score (nSPS) is 9.56. The first kappa shape index (κ1) is 12.1. The summed E-state index contributed by atoms with van der Waals surface area (Å²) in [5.41, 5.74) is 1.93. The molecule has 2 N–H and O–H groups in total. The average Bonchev–Trinajstić information content (AvgIpc) is 2.74. The van der Waals surface area contributed by atoms with E-state index in [9.17, 15) is 4.79 Å². The van der Waals surface area contributed by atoms with Crippen LogP contribution in [0.4, 0.5) is 15.6 Å². The quantitative estimate of drug-likeness (QED) is 0.869. The number of aryl methyl sites for hydroxylation is 1. The summed E-state index contributed by atoms with van der Waals surface area (Å²) < 4.78 is 0. The minimum atomic E-state index is -0.376. The number of rotatable bonds is 2. The van der Waals surface area contributed by atoms with Crippen molar-refractivity contribution in [2.45, 2.75) is 6.92 Å². The Balaban J connectivity index is 2.01. The molecule has 0 unspecified atom stereocenters.